The number of rotatable bonds is 6. The minimum atomic E-state index is -3.84. The van der Waals surface area contributed by atoms with E-state index >= 15 is 0 Å². The highest BCUT2D eigenvalue weighted by atomic mass is 35.5. The number of nitro benzene ring substituents is 1. The summed E-state index contributed by atoms with van der Waals surface area (Å²) >= 11 is 12.2. The number of ether oxygens (including phenoxy) is 1. The van der Waals surface area contributed by atoms with E-state index in [0.29, 0.717) is 28.8 Å². The van der Waals surface area contributed by atoms with E-state index in [9.17, 15) is 18.5 Å². The summed E-state index contributed by atoms with van der Waals surface area (Å²) in [5, 5.41) is 12.4. The Bertz CT molecular complexity index is 1030. The summed E-state index contributed by atoms with van der Waals surface area (Å²) < 4.78 is 32.1. The highest BCUT2D eigenvalue weighted by molar-refractivity contribution is 7.89. The van der Waals surface area contributed by atoms with Gasteiger partial charge in [0, 0.05) is 32.7 Å². The molecular formula is C18H19Cl2N3O5S. The Balaban J connectivity index is 1.94. The molecule has 156 valence electrons. The van der Waals surface area contributed by atoms with Gasteiger partial charge in [-0.2, -0.15) is 4.31 Å². The number of morpholine rings is 1. The molecule has 29 heavy (non-hydrogen) atoms. The number of hydrogen-bond acceptors (Lipinski definition) is 6. The molecule has 0 aromatic heterocycles. The molecule has 11 heteroatoms. The van der Waals surface area contributed by atoms with Crippen LogP contribution in [0.15, 0.2) is 41.3 Å². The van der Waals surface area contributed by atoms with Gasteiger partial charge in [-0.25, -0.2) is 8.42 Å². The number of nitrogens with zero attached hydrogens (tertiary/aromatic N) is 3. The molecule has 0 N–H and O–H groups in total. The average molecular weight is 460 g/mol. The molecule has 0 radical (unpaired) electrons. The van der Waals surface area contributed by atoms with Crippen LogP contribution >= 0.6 is 23.2 Å². The van der Waals surface area contributed by atoms with Crippen molar-refractivity contribution in [1.29, 1.82) is 0 Å². The molecule has 0 bridgehead atoms. The monoisotopic (exact) mass is 459 g/mol. The van der Waals surface area contributed by atoms with Gasteiger partial charge in [-0.1, -0.05) is 35.3 Å². The molecule has 1 saturated heterocycles. The van der Waals surface area contributed by atoms with Crippen molar-refractivity contribution in [2.45, 2.75) is 11.4 Å². The van der Waals surface area contributed by atoms with Crippen LogP contribution in [0, 0.1) is 10.1 Å². The summed E-state index contributed by atoms with van der Waals surface area (Å²) in [6.45, 7) is 1.27. The van der Waals surface area contributed by atoms with E-state index in [1.807, 2.05) is 0 Å². The molecule has 1 aliphatic rings. The topological polar surface area (TPSA) is 93.0 Å². The van der Waals surface area contributed by atoms with Crippen LogP contribution in [0.25, 0.3) is 0 Å². The highest BCUT2D eigenvalue weighted by Crippen LogP contribution is 2.34. The van der Waals surface area contributed by atoms with Gasteiger partial charge in [0.2, 0.25) is 10.0 Å². The second kappa shape index (κ2) is 8.85. The molecule has 3 rings (SSSR count). The number of halogens is 2. The molecule has 0 aliphatic carbocycles. The van der Waals surface area contributed by atoms with Gasteiger partial charge in [0.25, 0.3) is 5.69 Å². The average Bonchev–Trinajstić information content (AvgIpc) is 2.71. The van der Waals surface area contributed by atoms with Crippen LogP contribution in [-0.4, -0.2) is 51.0 Å². The number of sulfonamides is 1. The van der Waals surface area contributed by atoms with Crippen molar-refractivity contribution in [2.75, 3.05) is 38.3 Å². The zero-order chi connectivity index (χ0) is 21.2. The molecule has 0 unspecified atom stereocenters. The summed E-state index contributed by atoms with van der Waals surface area (Å²) in [6, 6.07) is 9.07. The predicted octanol–water partition coefficient (Wildman–Crippen LogP) is 3.56. The van der Waals surface area contributed by atoms with Gasteiger partial charge >= 0.3 is 0 Å². The fraction of sp³-hybridized carbons (Fsp3) is 0.333. The van der Waals surface area contributed by atoms with E-state index in [1.165, 1.54) is 16.4 Å². The van der Waals surface area contributed by atoms with E-state index in [0.717, 1.165) is 6.07 Å². The van der Waals surface area contributed by atoms with Crippen LogP contribution < -0.4 is 4.90 Å². The first-order valence-corrected chi connectivity index (χ1v) is 10.9. The first-order chi connectivity index (χ1) is 13.7. The van der Waals surface area contributed by atoms with Crippen molar-refractivity contribution >= 4 is 44.6 Å². The Morgan fingerprint density at radius 2 is 1.90 bits per heavy atom. The lowest BCUT2D eigenvalue weighted by Crippen LogP contribution is -2.40. The van der Waals surface area contributed by atoms with E-state index < -0.39 is 14.9 Å². The van der Waals surface area contributed by atoms with Crippen molar-refractivity contribution in [2.24, 2.45) is 0 Å². The molecular weight excluding hydrogens is 441 g/mol. The summed E-state index contributed by atoms with van der Waals surface area (Å²) in [4.78, 5) is 12.6. The van der Waals surface area contributed by atoms with Crippen molar-refractivity contribution in [1.82, 2.24) is 4.31 Å². The number of hydrogen-bond donors (Lipinski definition) is 0. The van der Waals surface area contributed by atoms with Crippen molar-refractivity contribution in [3.8, 4) is 0 Å². The normalized spacial score (nSPS) is 15.3. The molecule has 2 aromatic carbocycles. The Morgan fingerprint density at radius 1 is 1.21 bits per heavy atom. The van der Waals surface area contributed by atoms with Crippen molar-refractivity contribution < 1.29 is 18.1 Å². The molecule has 2 aromatic rings. The summed E-state index contributed by atoms with van der Waals surface area (Å²) in [5.74, 6) is 0. The molecule has 0 spiro atoms. The van der Waals surface area contributed by atoms with Gasteiger partial charge in [0.05, 0.1) is 33.1 Å². The van der Waals surface area contributed by atoms with Gasteiger partial charge in [-0.15, -0.1) is 0 Å². The maximum atomic E-state index is 12.8. The Morgan fingerprint density at radius 3 is 2.55 bits per heavy atom. The van der Waals surface area contributed by atoms with Gasteiger partial charge in [-0.3, -0.25) is 10.1 Å². The molecule has 1 aliphatic heterocycles. The van der Waals surface area contributed by atoms with Crippen LogP contribution in [0.4, 0.5) is 11.4 Å². The lowest BCUT2D eigenvalue weighted by molar-refractivity contribution is -0.384. The SMILES string of the molecule is CN(Cc1cccc(Cl)c1Cl)c1ccc(S(=O)(=O)N2CCOCC2)cc1[N+](=O)[O-]. The largest absolute Gasteiger partial charge is 0.379 e. The van der Waals surface area contributed by atoms with Crippen molar-refractivity contribution in [3.05, 3.63) is 62.1 Å². The van der Waals surface area contributed by atoms with Gasteiger partial charge < -0.3 is 9.64 Å². The van der Waals surface area contributed by atoms with Crippen LogP contribution in [0.1, 0.15) is 5.56 Å². The van der Waals surface area contributed by atoms with Gasteiger partial charge in [-0.05, 0) is 23.8 Å². The molecule has 8 nitrogen and oxygen atoms in total. The van der Waals surface area contributed by atoms with Crippen LogP contribution in [-0.2, 0) is 21.3 Å². The first kappa shape index (κ1) is 21.8. The number of nitro groups is 1. The lowest BCUT2D eigenvalue weighted by atomic mass is 10.2. The third-order valence-corrected chi connectivity index (χ3v) is 7.35. The van der Waals surface area contributed by atoms with Crippen LogP contribution in [0.2, 0.25) is 10.0 Å². The van der Waals surface area contributed by atoms with E-state index in [1.54, 1.807) is 30.1 Å². The van der Waals surface area contributed by atoms with E-state index in [4.69, 9.17) is 27.9 Å². The number of anilines is 1. The molecule has 0 amide bonds. The predicted molar refractivity (Wildman–Crippen MR) is 111 cm³/mol. The molecule has 1 fully saturated rings. The van der Waals surface area contributed by atoms with Gasteiger partial charge in [0.15, 0.2) is 0 Å². The second-order valence-electron chi connectivity index (χ2n) is 6.49. The summed E-state index contributed by atoms with van der Waals surface area (Å²) in [7, 11) is -2.18. The van der Waals surface area contributed by atoms with Crippen LogP contribution in [0.3, 0.4) is 0 Å². The third-order valence-electron chi connectivity index (χ3n) is 4.60. The van der Waals surface area contributed by atoms with Gasteiger partial charge in [0.1, 0.15) is 5.69 Å². The highest BCUT2D eigenvalue weighted by Gasteiger charge is 2.29. The minimum absolute atomic E-state index is 0.121. The molecule has 0 atom stereocenters. The standard InChI is InChI=1S/C18H19Cl2N3O5S/c1-21(12-13-3-2-4-15(19)18(13)20)16-6-5-14(11-17(16)23(24)25)29(26,27)22-7-9-28-10-8-22/h2-6,11H,7-10,12H2,1H3. The van der Waals surface area contributed by atoms with Crippen LogP contribution in [0.5, 0.6) is 0 Å². The quantitative estimate of drug-likeness (QED) is 0.484. The molecule has 0 saturated carbocycles. The minimum Gasteiger partial charge on any atom is -0.379 e. The van der Waals surface area contributed by atoms with E-state index in [-0.39, 0.29) is 35.9 Å². The zero-order valence-corrected chi connectivity index (χ0v) is 17.9. The first-order valence-electron chi connectivity index (χ1n) is 8.72. The van der Waals surface area contributed by atoms with Crippen molar-refractivity contribution in [3.63, 3.8) is 0 Å². The smallest absolute Gasteiger partial charge is 0.293 e. The fourth-order valence-corrected chi connectivity index (χ4v) is 4.89. The maximum absolute atomic E-state index is 12.8. The second-order valence-corrected chi connectivity index (χ2v) is 9.22. The maximum Gasteiger partial charge on any atom is 0.293 e. The third kappa shape index (κ3) is 4.65. The number of benzene rings is 2. The Labute approximate surface area is 178 Å². The van der Waals surface area contributed by atoms with E-state index in [2.05, 4.69) is 0 Å². The lowest BCUT2D eigenvalue weighted by Gasteiger charge is -2.26. The Hall–Kier alpha value is -1.91. The summed E-state index contributed by atoms with van der Waals surface area (Å²) in [5.41, 5.74) is 0.660. The molecule has 1 heterocycles. The zero-order valence-electron chi connectivity index (χ0n) is 15.5. The fourth-order valence-electron chi connectivity index (χ4n) is 3.08. The summed E-state index contributed by atoms with van der Waals surface area (Å²) in [6.07, 6.45) is 0. The Kier molecular flexibility index (Phi) is 6.65.